The molecule has 142 valence electrons. The van der Waals surface area contributed by atoms with E-state index >= 15 is 0 Å². The van der Waals surface area contributed by atoms with Crippen molar-refractivity contribution < 1.29 is 28.6 Å². The third kappa shape index (κ3) is 2.66. The van der Waals surface area contributed by atoms with Gasteiger partial charge in [0.15, 0.2) is 5.78 Å². The SMILES string of the molecule is CCOC(=O)[C@@]12C(=O)C[C@@]3(COC(=O)OCc4ccccc4)C=CC[C@@H]1[C@H]32. The van der Waals surface area contributed by atoms with Crippen molar-refractivity contribution in [3.05, 3.63) is 48.0 Å². The van der Waals surface area contributed by atoms with Crippen molar-refractivity contribution in [2.24, 2.45) is 22.7 Å². The highest BCUT2D eigenvalue weighted by atomic mass is 16.7. The molecule has 6 nitrogen and oxygen atoms in total. The zero-order chi connectivity index (χ0) is 19.1. The topological polar surface area (TPSA) is 78.9 Å². The molecule has 2 saturated carbocycles. The van der Waals surface area contributed by atoms with Crippen molar-refractivity contribution in [2.75, 3.05) is 13.2 Å². The third-order valence-corrected chi connectivity index (χ3v) is 6.05. The van der Waals surface area contributed by atoms with Gasteiger partial charge in [-0.05, 0) is 30.7 Å². The second-order valence-corrected chi connectivity index (χ2v) is 7.46. The van der Waals surface area contributed by atoms with Gasteiger partial charge in [0, 0.05) is 11.8 Å². The van der Waals surface area contributed by atoms with Crippen LogP contribution in [0.5, 0.6) is 0 Å². The molecule has 4 rings (SSSR count). The first-order valence-electron chi connectivity index (χ1n) is 9.26. The summed E-state index contributed by atoms with van der Waals surface area (Å²) in [6.45, 7) is 2.14. The van der Waals surface area contributed by atoms with Gasteiger partial charge in [-0.2, -0.15) is 0 Å². The van der Waals surface area contributed by atoms with Gasteiger partial charge in [-0.1, -0.05) is 42.5 Å². The van der Waals surface area contributed by atoms with Crippen LogP contribution in [0.25, 0.3) is 0 Å². The van der Waals surface area contributed by atoms with Crippen LogP contribution in [-0.4, -0.2) is 31.1 Å². The Bertz CT molecular complexity index is 800. The van der Waals surface area contributed by atoms with Gasteiger partial charge < -0.3 is 14.2 Å². The maximum atomic E-state index is 12.7. The molecule has 0 N–H and O–H groups in total. The summed E-state index contributed by atoms with van der Waals surface area (Å²) in [6, 6.07) is 9.32. The van der Waals surface area contributed by atoms with Crippen LogP contribution in [0, 0.1) is 22.7 Å². The van der Waals surface area contributed by atoms with Crippen LogP contribution in [0.2, 0.25) is 0 Å². The average molecular weight is 370 g/mol. The van der Waals surface area contributed by atoms with Gasteiger partial charge in [0.05, 0.1) is 6.61 Å². The van der Waals surface area contributed by atoms with Crippen molar-refractivity contribution in [3.63, 3.8) is 0 Å². The van der Waals surface area contributed by atoms with E-state index in [1.54, 1.807) is 6.92 Å². The molecule has 6 heteroatoms. The average Bonchev–Trinajstić information content (AvgIpc) is 3.29. The van der Waals surface area contributed by atoms with Gasteiger partial charge in [-0.25, -0.2) is 4.79 Å². The van der Waals surface area contributed by atoms with Gasteiger partial charge in [0.1, 0.15) is 18.6 Å². The first kappa shape index (κ1) is 17.8. The lowest BCUT2D eigenvalue weighted by Gasteiger charge is -2.29. The molecule has 0 amide bonds. The zero-order valence-corrected chi connectivity index (χ0v) is 15.2. The van der Waals surface area contributed by atoms with E-state index in [-0.39, 0.29) is 43.9 Å². The molecule has 2 fully saturated rings. The van der Waals surface area contributed by atoms with E-state index in [1.807, 2.05) is 42.5 Å². The largest absolute Gasteiger partial charge is 0.508 e. The number of rotatable bonds is 6. The van der Waals surface area contributed by atoms with Gasteiger partial charge >= 0.3 is 12.1 Å². The Morgan fingerprint density at radius 3 is 2.67 bits per heavy atom. The maximum Gasteiger partial charge on any atom is 0.508 e. The summed E-state index contributed by atoms with van der Waals surface area (Å²) in [5, 5.41) is 0. The summed E-state index contributed by atoms with van der Waals surface area (Å²) in [7, 11) is 0. The summed E-state index contributed by atoms with van der Waals surface area (Å²) >= 11 is 0. The molecule has 0 aliphatic heterocycles. The van der Waals surface area contributed by atoms with Crippen LogP contribution in [0.1, 0.15) is 25.3 Å². The molecule has 3 aliphatic rings. The Labute approximate surface area is 157 Å². The lowest BCUT2D eigenvalue weighted by atomic mass is 9.77. The lowest BCUT2D eigenvalue weighted by molar-refractivity contribution is -0.153. The number of hydrogen-bond acceptors (Lipinski definition) is 6. The molecule has 1 aromatic carbocycles. The van der Waals surface area contributed by atoms with E-state index in [9.17, 15) is 14.4 Å². The number of carbonyl (C=O) groups is 3. The molecule has 3 aliphatic carbocycles. The second kappa shape index (κ2) is 6.51. The molecule has 0 spiro atoms. The van der Waals surface area contributed by atoms with Crippen LogP contribution in [0.15, 0.2) is 42.5 Å². The summed E-state index contributed by atoms with van der Waals surface area (Å²) in [5.41, 5.74) is -0.806. The van der Waals surface area contributed by atoms with E-state index in [0.29, 0.717) is 6.42 Å². The Kier molecular flexibility index (Phi) is 4.29. The van der Waals surface area contributed by atoms with Crippen molar-refractivity contribution in [2.45, 2.75) is 26.4 Å². The van der Waals surface area contributed by atoms with Crippen LogP contribution < -0.4 is 0 Å². The summed E-state index contributed by atoms with van der Waals surface area (Å²) < 4.78 is 15.7. The fraction of sp³-hybridized carbons (Fsp3) is 0.476. The van der Waals surface area contributed by atoms with E-state index in [2.05, 4.69) is 0 Å². The molecule has 0 aromatic heterocycles. The highest BCUT2D eigenvalue weighted by Crippen LogP contribution is 2.76. The zero-order valence-electron chi connectivity index (χ0n) is 15.2. The summed E-state index contributed by atoms with van der Waals surface area (Å²) in [5.74, 6) is -0.723. The number of ether oxygens (including phenoxy) is 3. The predicted molar refractivity (Wildman–Crippen MR) is 94.4 cm³/mol. The molecule has 0 heterocycles. The number of esters is 1. The molecule has 0 radical (unpaired) electrons. The minimum absolute atomic E-state index is 0.0329. The number of ketones is 1. The molecular formula is C21H22O6. The molecule has 0 saturated heterocycles. The molecule has 27 heavy (non-hydrogen) atoms. The maximum absolute atomic E-state index is 12.7. The number of fused-ring (bicyclic) bond motifs is 1. The fourth-order valence-corrected chi connectivity index (χ4v) is 4.97. The van der Waals surface area contributed by atoms with Gasteiger partial charge in [0.2, 0.25) is 0 Å². The molecular weight excluding hydrogens is 348 g/mol. The highest BCUT2D eigenvalue weighted by molar-refractivity contribution is 6.11. The van der Waals surface area contributed by atoms with Gasteiger partial charge in [-0.15, -0.1) is 0 Å². The quantitative estimate of drug-likeness (QED) is 0.435. The smallest absolute Gasteiger partial charge is 0.465 e. The molecule has 0 unspecified atom stereocenters. The van der Waals surface area contributed by atoms with Crippen LogP contribution in [0.3, 0.4) is 0 Å². The normalized spacial score (nSPS) is 32.6. The Balaban J connectivity index is 1.41. The van der Waals surface area contributed by atoms with E-state index < -0.39 is 23.0 Å². The van der Waals surface area contributed by atoms with Crippen LogP contribution in [0.4, 0.5) is 4.79 Å². The first-order valence-corrected chi connectivity index (χ1v) is 9.26. The second-order valence-electron chi connectivity index (χ2n) is 7.46. The lowest BCUT2D eigenvalue weighted by Crippen LogP contribution is -2.31. The van der Waals surface area contributed by atoms with E-state index in [0.717, 1.165) is 5.56 Å². The van der Waals surface area contributed by atoms with E-state index in [4.69, 9.17) is 14.2 Å². The minimum Gasteiger partial charge on any atom is -0.465 e. The third-order valence-electron chi connectivity index (χ3n) is 6.05. The Hall–Kier alpha value is -2.63. The number of Topliss-reactive ketones (excluding diaryl/α,β-unsaturated/α-hetero) is 1. The molecule has 0 bridgehead atoms. The molecule has 1 aromatic rings. The number of hydrogen-bond donors (Lipinski definition) is 0. The van der Waals surface area contributed by atoms with Crippen LogP contribution >= 0.6 is 0 Å². The first-order chi connectivity index (χ1) is 13.0. The standard InChI is InChI=1S/C21H22O6/c1-2-25-18(23)21-15-9-6-10-20(17(15)21,11-16(21)22)13-27-19(24)26-12-14-7-4-3-5-8-14/h3-8,10,15,17H,2,9,11-13H2,1H3/t15-,17-,20-,21-/m1/s1. The van der Waals surface area contributed by atoms with Crippen molar-refractivity contribution >= 4 is 17.9 Å². The van der Waals surface area contributed by atoms with E-state index in [1.165, 1.54) is 0 Å². The van der Waals surface area contributed by atoms with Crippen molar-refractivity contribution in [1.29, 1.82) is 0 Å². The van der Waals surface area contributed by atoms with Crippen molar-refractivity contribution in [3.8, 4) is 0 Å². The monoisotopic (exact) mass is 370 g/mol. The fourth-order valence-electron chi connectivity index (χ4n) is 4.97. The van der Waals surface area contributed by atoms with Crippen LogP contribution in [-0.2, 0) is 30.4 Å². The van der Waals surface area contributed by atoms with Crippen molar-refractivity contribution in [1.82, 2.24) is 0 Å². The number of carbonyl (C=O) groups excluding carboxylic acids is 3. The van der Waals surface area contributed by atoms with Gasteiger partial charge in [-0.3, -0.25) is 9.59 Å². The minimum atomic E-state index is -1.04. The Morgan fingerprint density at radius 1 is 1.15 bits per heavy atom. The predicted octanol–water partition coefficient (Wildman–Crippen LogP) is 3.05. The highest BCUT2D eigenvalue weighted by Gasteiger charge is 2.84. The summed E-state index contributed by atoms with van der Waals surface area (Å²) in [6.07, 6.45) is 4.01. The van der Waals surface area contributed by atoms with Gasteiger partial charge in [0.25, 0.3) is 0 Å². The molecule has 4 atom stereocenters. The Morgan fingerprint density at radius 2 is 1.93 bits per heavy atom. The number of benzene rings is 1. The summed E-state index contributed by atoms with van der Waals surface area (Å²) in [4.78, 5) is 37.2. The number of allylic oxidation sites excluding steroid dienone is 1.